The molecule has 0 atom stereocenters. The molecule has 1 N–H and O–H groups in total. The maximum atomic E-state index is 13.0. The summed E-state index contributed by atoms with van der Waals surface area (Å²) in [5, 5.41) is 13.0. The van der Waals surface area contributed by atoms with E-state index in [1.165, 1.54) is 30.3 Å². The van der Waals surface area contributed by atoms with Crippen LogP contribution >= 0.6 is 11.8 Å². The van der Waals surface area contributed by atoms with E-state index in [0.29, 0.717) is 17.3 Å². The first-order valence-corrected chi connectivity index (χ1v) is 10.2. The maximum Gasteiger partial charge on any atom is 0.338 e. The van der Waals surface area contributed by atoms with E-state index in [-0.39, 0.29) is 29.1 Å². The van der Waals surface area contributed by atoms with Gasteiger partial charge in [-0.05, 0) is 41.6 Å². The van der Waals surface area contributed by atoms with Crippen LogP contribution in [-0.2, 0) is 9.53 Å². The Kier molecular flexibility index (Phi) is 7.18. The molecule has 10 nitrogen and oxygen atoms in total. The van der Waals surface area contributed by atoms with Gasteiger partial charge in [-0.1, -0.05) is 12.1 Å². The van der Waals surface area contributed by atoms with Gasteiger partial charge in [-0.25, -0.2) is 9.18 Å². The second-order valence-corrected chi connectivity index (χ2v) is 7.65. The predicted molar refractivity (Wildman–Crippen MR) is 116 cm³/mol. The van der Waals surface area contributed by atoms with Crippen molar-refractivity contribution in [1.29, 1.82) is 0 Å². The van der Waals surface area contributed by atoms with Crippen molar-refractivity contribution in [3.05, 3.63) is 80.0 Å². The zero-order valence-corrected chi connectivity index (χ0v) is 17.9. The Labute approximate surface area is 190 Å². The first-order valence-electron chi connectivity index (χ1n) is 9.36. The molecule has 1 fully saturated rings. The summed E-state index contributed by atoms with van der Waals surface area (Å²) >= 11 is 0.715. The number of hydrogen-bond acceptors (Lipinski definition) is 8. The van der Waals surface area contributed by atoms with E-state index in [0.717, 1.165) is 30.2 Å². The highest BCUT2D eigenvalue weighted by atomic mass is 32.2. The van der Waals surface area contributed by atoms with Crippen molar-refractivity contribution >= 4 is 46.5 Å². The van der Waals surface area contributed by atoms with Gasteiger partial charge >= 0.3 is 5.97 Å². The summed E-state index contributed by atoms with van der Waals surface area (Å²) in [5.41, 5.74) is -0.258. The lowest BCUT2D eigenvalue weighted by Gasteiger charge is -2.13. The standard InChI is InChI=1S/C21H16FN3O7S/c1-32-20(28)14-9-13(10-16(11-14)25(30)31)18(26)23-6-7-24-19(27)17(33-21(24)29)8-12-2-4-15(22)5-3-12/h2-5,8-11H,6-7H2,1H3,(H,23,26)/b17-8-. The van der Waals surface area contributed by atoms with E-state index in [9.17, 15) is 33.7 Å². The van der Waals surface area contributed by atoms with E-state index >= 15 is 0 Å². The van der Waals surface area contributed by atoms with E-state index in [2.05, 4.69) is 10.1 Å². The second-order valence-electron chi connectivity index (χ2n) is 6.66. The van der Waals surface area contributed by atoms with Gasteiger partial charge in [-0.3, -0.25) is 29.4 Å². The summed E-state index contributed by atoms with van der Waals surface area (Å²) in [6, 6.07) is 8.50. The number of thioether (sulfide) groups is 1. The highest BCUT2D eigenvalue weighted by Gasteiger charge is 2.34. The number of rotatable bonds is 7. The zero-order valence-electron chi connectivity index (χ0n) is 17.1. The highest BCUT2D eigenvalue weighted by molar-refractivity contribution is 8.18. The Hall–Kier alpha value is -4.06. The molecule has 0 spiro atoms. The van der Waals surface area contributed by atoms with Crippen LogP contribution in [0, 0.1) is 15.9 Å². The number of halogens is 1. The third kappa shape index (κ3) is 5.60. The monoisotopic (exact) mass is 473 g/mol. The number of amides is 3. The number of nitro benzene ring substituents is 1. The van der Waals surface area contributed by atoms with Crippen molar-refractivity contribution in [1.82, 2.24) is 10.2 Å². The number of benzene rings is 2. The van der Waals surface area contributed by atoms with Crippen LogP contribution in [0.1, 0.15) is 26.3 Å². The largest absolute Gasteiger partial charge is 0.465 e. The SMILES string of the molecule is COC(=O)c1cc(C(=O)NCCN2C(=O)S/C(=C\c3ccc(F)cc3)C2=O)cc([N+](=O)[O-])c1. The van der Waals surface area contributed by atoms with Crippen LogP contribution < -0.4 is 5.32 Å². The molecule has 0 saturated carbocycles. The van der Waals surface area contributed by atoms with Crippen LogP contribution in [0.3, 0.4) is 0 Å². The number of nitrogens with one attached hydrogen (secondary N) is 1. The minimum atomic E-state index is -0.849. The van der Waals surface area contributed by atoms with Crippen molar-refractivity contribution < 1.29 is 33.2 Å². The third-order valence-corrected chi connectivity index (χ3v) is 5.38. The van der Waals surface area contributed by atoms with E-state index in [1.807, 2.05) is 0 Å². The molecular formula is C21H16FN3O7S. The molecule has 12 heteroatoms. The Morgan fingerprint density at radius 3 is 2.48 bits per heavy atom. The molecule has 0 bridgehead atoms. The number of carbonyl (C=O) groups is 4. The Bertz CT molecular complexity index is 1180. The summed E-state index contributed by atoms with van der Waals surface area (Å²) in [6.45, 7) is -0.271. The van der Waals surface area contributed by atoms with Gasteiger partial charge < -0.3 is 10.1 Å². The van der Waals surface area contributed by atoms with Crippen LogP contribution in [-0.4, -0.2) is 53.0 Å². The molecule has 2 aromatic carbocycles. The minimum Gasteiger partial charge on any atom is -0.465 e. The lowest BCUT2D eigenvalue weighted by Crippen LogP contribution is -2.37. The maximum absolute atomic E-state index is 13.0. The number of non-ortho nitro benzene ring substituents is 1. The summed E-state index contributed by atoms with van der Waals surface area (Å²) in [6.07, 6.45) is 1.46. The molecule has 1 aliphatic heterocycles. The van der Waals surface area contributed by atoms with Crippen LogP contribution in [0.25, 0.3) is 6.08 Å². The van der Waals surface area contributed by atoms with Gasteiger partial charge in [0.1, 0.15) is 5.82 Å². The van der Waals surface area contributed by atoms with Gasteiger partial charge in [0, 0.05) is 30.8 Å². The van der Waals surface area contributed by atoms with Gasteiger partial charge in [0.15, 0.2) is 0 Å². The molecule has 170 valence electrons. The van der Waals surface area contributed by atoms with Crippen molar-refractivity contribution in [2.24, 2.45) is 0 Å². The molecule has 0 radical (unpaired) electrons. The van der Waals surface area contributed by atoms with Crippen molar-refractivity contribution in [2.45, 2.75) is 0 Å². The van der Waals surface area contributed by atoms with Crippen LogP contribution in [0.2, 0.25) is 0 Å². The zero-order chi connectivity index (χ0) is 24.1. The van der Waals surface area contributed by atoms with Gasteiger partial charge in [-0.15, -0.1) is 0 Å². The topological polar surface area (TPSA) is 136 Å². The van der Waals surface area contributed by atoms with Gasteiger partial charge in [0.05, 0.1) is 22.5 Å². The first kappa shape index (κ1) is 23.6. The molecule has 0 aromatic heterocycles. The average Bonchev–Trinajstić information content (AvgIpc) is 3.06. The molecule has 0 aliphatic carbocycles. The normalized spacial score (nSPS) is 14.5. The van der Waals surface area contributed by atoms with Crippen LogP contribution in [0.4, 0.5) is 14.9 Å². The lowest BCUT2D eigenvalue weighted by atomic mass is 10.1. The highest BCUT2D eigenvalue weighted by Crippen LogP contribution is 2.31. The Balaban J connectivity index is 1.66. The quantitative estimate of drug-likeness (QED) is 0.281. The smallest absolute Gasteiger partial charge is 0.338 e. The number of nitro groups is 1. The van der Waals surface area contributed by atoms with E-state index in [4.69, 9.17) is 0 Å². The molecular weight excluding hydrogens is 457 g/mol. The first-order chi connectivity index (χ1) is 15.7. The molecule has 0 unspecified atom stereocenters. The molecule has 1 aliphatic rings. The number of hydrogen-bond donors (Lipinski definition) is 1. The number of imide groups is 1. The van der Waals surface area contributed by atoms with E-state index in [1.54, 1.807) is 0 Å². The molecule has 33 heavy (non-hydrogen) atoms. The summed E-state index contributed by atoms with van der Waals surface area (Å²) in [4.78, 5) is 60.3. The third-order valence-electron chi connectivity index (χ3n) is 4.47. The Morgan fingerprint density at radius 2 is 1.85 bits per heavy atom. The number of carbonyl (C=O) groups excluding carboxylic acids is 4. The fourth-order valence-electron chi connectivity index (χ4n) is 2.87. The molecule has 3 amide bonds. The molecule has 1 heterocycles. The van der Waals surface area contributed by atoms with Crippen molar-refractivity contribution in [3.8, 4) is 0 Å². The Morgan fingerprint density at radius 1 is 1.18 bits per heavy atom. The van der Waals surface area contributed by atoms with Gasteiger partial charge in [0.2, 0.25) is 0 Å². The summed E-state index contributed by atoms with van der Waals surface area (Å²) in [5.74, 6) is -2.58. The van der Waals surface area contributed by atoms with Crippen LogP contribution in [0.5, 0.6) is 0 Å². The minimum absolute atomic E-state index is 0.128. The van der Waals surface area contributed by atoms with Crippen LogP contribution in [0.15, 0.2) is 47.4 Å². The number of methoxy groups -OCH3 is 1. The number of nitrogens with zero attached hydrogens (tertiary/aromatic N) is 2. The molecule has 3 rings (SSSR count). The van der Waals surface area contributed by atoms with Crippen molar-refractivity contribution in [3.63, 3.8) is 0 Å². The average molecular weight is 473 g/mol. The second kappa shape index (κ2) is 10.0. The summed E-state index contributed by atoms with van der Waals surface area (Å²) < 4.78 is 17.6. The lowest BCUT2D eigenvalue weighted by molar-refractivity contribution is -0.384. The van der Waals surface area contributed by atoms with Crippen molar-refractivity contribution in [2.75, 3.05) is 20.2 Å². The summed E-state index contributed by atoms with van der Waals surface area (Å²) in [7, 11) is 1.10. The molecule has 2 aromatic rings. The predicted octanol–water partition coefficient (Wildman–Crippen LogP) is 2.99. The number of esters is 1. The molecule has 1 saturated heterocycles. The van der Waals surface area contributed by atoms with Gasteiger partial charge in [-0.2, -0.15) is 0 Å². The fourth-order valence-corrected chi connectivity index (χ4v) is 3.73. The number of ether oxygens (including phenoxy) is 1. The van der Waals surface area contributed by atoms with Gasteiger partial charge in [0.25, 0.3) is 22.7 Å². The van der Waals surface area contributed by atoms with E-state index < -0.39 is 39.5 Å². The fraction of sp³-hybridized carbons (Fsp3) is 0.143.